The van der Waals surface area contributed by atoms with E-state index in [1.807, 2.05) is 32.0 Å². The van der Waals surface area contributed by atoms with Crippen LogP contribution in [0.15, 0.2) is 36.4 Å². The molecule has 1 amide bonds. The Morgan fingerprint density at radius 2 is 2.00 bits per heavy atom. The standard InChI is InChI=1S/C20H23ClN2O4S/c1-13(2)27-19-8-7-15(21)11-17(19)20(24)22-18-6-4-5-14-12-23(28(3,25)26)10-9-16(14)18/h4-8,11,13H,9-10,12H2,1-3H3,(H,22,24). The van der Waals surface area contributed by atoms with Gasteiger partial charge in [0.25, 0.3) is 5.91 Å². The van der Waals surface area contributed by atoms with Crippen molar-refractivity contribution in [2.45, 2.75) is 32.9 Å². The SMILES string of the molecule is CC(C)Oc1ccc(Cl)cc1C(=O)Nc1cccc2c1CCN(S(C)(=O)=O)C2. The second-order valence-corrected chi connectivity index (χ2v) is 9.47. The van der Waals surface area contributed by atoms with Gasteiger partial charge in [-0.3, -0.25) is 4.79 Å². The number of rotatable bonds is 5. The van der Waals surface area contributed by atoms with Crippen molar-refractivity contribution >= 4 is 33.2 Å². The zero-order valence-electron chi connectivity index (χ0n) is 16.0. The first kappa shape index (κ1) is 20.6. The van der Waals surface area contributed by atoms with Crippen molar-refractivity contribution in [3.63, 3.8) is 0 Å². The minimum atomic E-state index is -3.25. The molecule has 28 heavy (non-hydrogen) atoms. The zero-order valence-corrected chi connectivity index (χ0v) is 17.6. The Balaban J connectivity index is 1.88. The van der Waals surface area contributed by atoms with Gasteiger partial charge >= 0.3 is 0 Å². The number of amides is 1. The van der Waals surface area contributed by atoms with E-state index in [0.717, 1.165) is 11.1 Å². The van der Waals surface area contributed by atoms with Crippen LogP contribution in [-0.4, -0.2) is 37.5 Å². The summed E-state index contributed by atoms with van der Waals surface area (Å²) in [7, 11) is -3.25. The Labute approximate surface area is 170 Å². The van der Waals surface area contributed by atoms with Crippen LogP contribution in [0.1, 0.15) is 35.3 Å². The molecule has 0 aliphatic carbocycles. The monoisotopic (exact) mass is 422 g/mol. The highest BCUT2D eigenvalue weighted by atomic mass is 35.5. The second kappa shape index (κ2) is 8.11. The molecule has 8 heteroatoms. The number of carbonyl (C=O) groups excluding carboxylic acids is 1. The molecule has 0 atom stereocenters. The largest absolute Gasteiger partial charge is 0.490 e. The third-order valence-corrected chi connectivity index (χ3v) is 5.98. The molecule has 2 aromatic rings. The van der Waals surface area contributed by atoms with Gasteiger partial charge in [0.05, 0.1) is 17.9 Å². The molecule has 0 aromatic heterocycles. The molecule has 3 rings (SSSR count). The van der Waals surface area contributed by atoms with Crippen molar-refractivity contribution in [1.82, 2.24) is 4.31 Å². The van der Waals surface area contributed by atoms with Gasteiger partial charge in [-0.2, -0.15) is 4.31 Å². The Bertz CT molecular complexity index is 1010. The third kappa shape index (κ3) is 4.66. The van der Waals surface area contributed by atoms with E-state index in [1.165, 1.54) is 10.6 Å². The van der Waals surface area contributed by atoms with Crippen LogP contribution in [0.3, 0.4) is 0 Å². The van der Waals surface area contributed by atoms with Crippen LogP contribution in [0.4, 0.5) is 5.69 Å². The van der Waals surface area contributed by atoms with E-state index in [4.69, 9.17) is 16.3 Å². The normalized spacial score (nSPS) is 14.6. The van der Waals surface area contributed by atoms with E-state index < -0.39 is 10.0 Å². The summed E-state index contributed by atoms with van der Waals surface area (Å²) in [5.74, 6) is 0.141. The molecule has 0 fully saturated rings. The van der Waals surface area contributed by atoms with E-state index in [0.29, 0.717) is 41.5 Å². The number of halogens is 1. The van der Waals surface area contributed by atoms with Crippen molar-refractivity contribution in [2.75, 3.05) is 18.1 Å². The molecule has 1 N–H and O–H groups in total. The predicted octanol–water partition coefficient (Wildman–Crippen LogP) is 3.70. The fourth-order valence-corrected chi connectivity index (χ4v) is 4.18. The van der Waals surface area contributed by atoms with E-state index in [1.54, 1.807) is 18.2 Å². The van der Waals surface area contributed by atoms with Gasteiger partial charge in [-0.15, -0.1) is 0 Å². The number of fused-ring (bicyclic) bond motifs is 1. The van der Waals surface area contributed by atoms with E-state index in [-0.39, 0.29) is 12.0 Å². The molecule has 0 spiro atoms. The highest BCUT2D eigenvalue weighted by Gasteiger charge is 2.25. The lowest BCUT2D eigenvalue weighted by molar-refractivity contribution is 0.102. The highest BCUT2D eigenvalue weighted by Crippen LogP contribution is 2.29. The summed E-state index contributed by atoms with van der Waals surface area (Å²) in [4.78, 5) is 12.9. The van der Waals surface area contributed by atoms with Crippen molar-refractivity contribution < 1.29 is 17.9 Å². The van der Waals surface area contributed by atoms with Crippen LogP contribution in [-0.2, 0) is 23.0 Å². The maximum Gasteiger partial charge on any atom is 0.259 e. The highest BCUT2D eigenvalue weighted by molar-refractivity contribution is 7.88. The lowest BCUT2D eigenvalue weighted by Crippen LogP contribution is -2.35. The molecule has 1 aliphatic heterocycles. The number of benzene rings is 2. The summed E-state index contributed by atoms with van der Waals surface area (Å²) < 4.78 is 30.8. The molecule has 150 valence electrons. The second-order valence-electron chi connectivity index (χ2n) is 7.05. The maximum absolute atomic E-state index is 12.9. The molecule has 0 bridgehead atoms. The number of ether oxygens (including phenoxy) is 1. The number of hydrogen-bond acceptors (Lipinski definition) is 4. The lowest BCUT2D eigenvalue weighted by atomic mass is 9.99. The first-order chi connectivity index (χ1) is 13.1. The molecule has 0 radical (unpaired) electrons. The zero-order chi connectivity index (χ0) is 20.5. The summed E-state index contributed by atoms with van der Waals surface area (Å²) in [6.45, 7) is 4.46. The smallest absolute Gasteiger partial charge is 0.259 e. The predicted molar refractivity (Wildman–Crippen MR) is 111 cm³/mol. The maximum atomic E-state index is 12.9. The molecule has 1 aliphatic rings. The third-order valence-electron chi connectivity index (χ3n) is 4.50. The van der Waals surface area contributed by atoms with Gasteiger partial charge in [-0.05, 0) is 55.7 Å². The first-order valence-electron chi connectivity index (χ1n) is 8.98. The van der Waals surface area contributed by atoms with Gasteiger partial charge in [0.1, 0.15) is 5.75 Å². The van der Waals surface area contributed by atoms with Gasteiger partial charge in [0.2, 0.25) is 10.0 Å². The molecular formula is C20H23ClN2O4S. The Hall–Kier alpha value is -2.09. The van der Waals surface area contributed by atoms with Crippen molar-refractivity contribution in [1.29, 1.82) is 0 Å². The van der Waals surface area contributed by atoms with Gasteiger partial charge in [0, 0.05) is 23.8 Å². The van der Waals surface area contributed by atoms with E-state index in [2.05, 4.69) is 5.32 Å². The summed E-state index contributed by atoms with van der Waals surface area (Å²) >= 11 is 6.08. The lowest BCUT2D eigenvalue weighted by Gasteiger charge is -2.28. The summed E-state index contributed by atoms with van der Waals surface area (Å²) in [6.07, 6.45) is 1.65. The molecule has 6 nitrogen and oxygen atoms in total. The summed E-state index contributed by atoms with van der Waals surface area (Å²) in [5, 5.41) is 3.38. The topological polar surface area (TPSA) is 75.7 Å². The van der Waals surface area contributed by atoms with Gasteiger partial charge in [-0.1, -0.05) is 23.7 Å². The van der Waals surface area contributed by atoms with Crippen LogP contribution < -0.4 is 10.1 Å². The van der Waals surface area contributed by atoms with Gasteiger partial charge in [-0.25, -0.2) is 8.42 Å². The average Bonchev–Trinajstić information content (AvgIpc) is 2.62. The Morgan fingerprint density at radius 3 is 2.68 bits per heavy atom. The van der Waals surface area contributed by atoms with Crippen LogP contribution >= 0.6 is 11.6 Å². The Morgan fingerprint density at radius 1 is 1.25 bits per heavy atom. The van der Waals surface area contributed by atoms with Crippen LogP contribution in [0.25, 0.3) is 0 Å². The van der Waals surface area contributed by atoms with Gasteiger partial charge in [0.15, 0.2) is 0 Å². The number of nitrogens with zero attached hydrogens (tertiary/aromatic N) is 1. The minimum Gasteiger partial charge on any atom is -0.490 e. The summed E-state index contributed by atoms with van der Waals surface area (Å²) in [6, 6.07) is 10.5. The number of hydrogen-bond donors (Lipinski definition) is 1. The molecule has 0 unspecified atom stereocenters. The van der Waals surface area contributed by atoms with E-state index in [9.17, 15) is 13.2 Å². The molecular weight excluding hydrogens is 400 g/mol. The number of sulfonamides is 1. The summed E-state index contributed by atoms with van der Waals surface area (Å²) in [5.41, 5.74) is 2.86. The Kier molecular flexibility index (Phi) is 5.98. The average molecular weight is 423 g/mol. The molecule has 1 heterocycles. The number of carbonyl (C=O) groups is 1. The minimum absolute atomic E-state index is 0.0841. The van der Waals surface area contributed by atoms with Crippen LogP contribution in [0.5, 0.6) is 5.75 Å². The molecule has 0 saturated carbocycles. The number of anilines is 1. The van der Waals surface area contributed by atoms with E-state index >= 15 is 0 Å². The fraction of sp³-hybridized carbons (Fsp3) is 0.350. The van der Waals surface area contributed by atoms with Crippen LogP contribution in [0, 0.1) is 0 Å². The molecule has 0 saturated heterocycles. The number of nitrogens with one attached hydrogen (secondary N) is 1. The first-order valence-corrected chi connectivity index (χ1v) is 11.2. The van der Waals surface area contributed by atoms with Crippen molar-refractivity contribution in [2.24, 2.45) is 0 Å². The fourth-order valence-electron chi connectivity index (χ4n) is 3.21. The van der Waals surface area contributed by atoms with Gasteiger partial charge < -0.3 is 10.1 Å². The molecule has 2 aromatic carbocycles. The van der Waals surface area contributed by atoms with Crippen LogP contribution in [0.2, 0.25) is 5.02 Å². The van der Waals surface area contributed by atoms with Crippen molar-refractivity contribution in [3.8, 4) is 5.75 Å². The quantitative estimate of drug-likeness (QED) is 0.797. The van der Waals surface area contributed by atoms with Crippen molar-refractivity contribution in [3.05, 3.63) is 58.1 Å².